The molecule has 4 rings (SSSR count). The molecule has 1 saturated heterocycles. The van der Waals surface area contributed by atoms with Crippen LogP contribution in [-0.4, -0.2) is 24.2 Å². The van der Waals surface area contributed by atoms with Crippen LogP contribution < -0.4 is 10.2 Å². The van der Waals surface area contributed by atoms with E-state index in [1.165, 1.54) is 18.4 Å². The van der Waals surface area contributed by atoms with E-state index in [4.69, 9.17) is 4.52 Å². The van der Waals surface area contributed by atoms with Gasteiger partial charge in [0.2, 0.25) is 5.76 Å². The van der Waals surface area contributed by atoms with Crippen LogP contribution in [0.25, 0.3) is 11.3 Å². The minimum absolute atomic E-state index is 0.205. The topological polar surface area (TPSA) is 58.4 Å². The van der Waals surface area contributed by atoms with Crippen LogP contribution >= 0.6 is 0 Å². The zero-order valence-corrected chi connectivity index (χ0v) is 14.7. The number of benzene rings is 2. The minimum Gasteiger partial charge on any atom is -0.370 e. The highest BCUT2D eigenvalue weighted by Crippen LogP contribution is 2.29. The first kappa shape index (κ1) is 16.4. The molecular formula is C21H21N3O2. The van der Waals surface area contributed by atoms with Crippen LogP contribution in [0.15, 0.2) is 59.1 Å². The van der Waals surface area contributed by atoms with E-state index < -0.39 is 0 Å². The summed E-state index contributed by atoms with van der Waals surface area (Å²) in [6.45, 7) is 4.07. The van der Waals surface area contributed by atoms with Gasteiger partial charge in [-0.05, 0) is 31.9 Å². The lowest BCUT2D eigenvalue weighted by molar-refractivity contribution is 0.0988. The Labute approximate surface area is 152 Å². The molecule has 5 heteroatoms. The van der Waals surface area contributed by atoms with Crippen molar-refractivity contribution in [2.45, 2.75) is 19.8 Å². The highest BCUT2D eigenvalue weighted by molar-refractivity contribution is 6.04. The van der Waals surface area contributed by atoms with Crippen molar-refractivity contribution < 1.29 is 9.32 Å². The molecule has 0 atom stereocenters. The Morgan fingerprint density at radius 1 is 1.08 bits per heavy atom. The van der Waals surface area contributed by atoms with E-state index in [0.717, 1.165) is 30.0 Å². The molecule has 0 aliphatic carbocycles. The number of aromatic nitrogens is 1. The zero-order chi connectivity index (χ0) is 17.9. The summed E-state index contributed by atoms with van der Waals surface area (Å²) in [6, 6.07) is 17.5. The van der Waals surface area contributed by atoms with Crippen molar-refractivity contribution in [2.24, 2.45) is 0 Å². The second kappa shape index (κ2) is 7.04. The Bertz CT molecular complexity index is 909. The van der Waals surface area contributed by atoms with Crippen molar-refractivity contribution in [3.63, 3.8) is 0 Å². The Kier molecular flexibility index (Phi) is 4.44. The maximum absolute atomic E-state index is 12.6. The molecule has 2 aromatic carbocycles. The minimum atomic E-state index is -0.289. The molecule has 0 unspecified atom stereocenters. The molecule has 26 heavy (non-hydrogen) atoms. The quantitative estimate of drug-likeness (QED) is 0.755. The number of aryl methyl sites for hydroxylation is 1. The summed E-state index contributed by atoms with van der Waals surface area (Å²) in [7, 11) is 0. The van der Waals surface area contributed by atoms with Crippen LogP contribution in [0.4, 0.5) is 11.4 Å². The summed E-state index contributed by atoms with van der Waals surface area (Å²) < 4.78 is 5.27. The smallest absolute Gasteiger partial charge is 0.294 e. The highest BCUT2D eigenvalue weighted by atomic mass is 16.5. The second-order valence-corrected chi connectivity index (χ2v) is 6.61. The summed E-state index contributed by atoms with van der Waals surface area (Å²) in [5.74, 6) is -0.0840. The van der Waals surface area contributed by atoms with Crippen LogP contribution in [0.2, 0.25) is 0 Å². The van der Waals surface area contributed by atoms with Gasteiger partial charge in [-0.25, -0.2) is 0 Å². The van der Waals surface area contributed by atoms with Crippen molar-refractivity contribution in [2.75, 3.05) is 23.3 Å². The van der Waals surface area contributed by atoms with Gasteiger partial charge in [0.25, 0.3) is 5.91 Å². The molecule has 0 spiro atoms. The molecule has 2 heterocycles. The largest absolute Gasteiger partial charge is 0.370 e. The number of carbonyl (C=O) groups is 1. The van der Waals surface area contributed by atoms with Gasteiger partial charge in [-0.1, -0.05) is 47.1 Å². The van der Waals surface area contributed by atoms with E-state index >= 15 is 0 Å². The van der Waals surface area contributed by atoms with Crippen molar-refractivity contribution in [1.82, 2.24) is 5.16 Å². The van der Waals surface area contributed by atoms with Gasteiger partial charge in [0.1, 0.15) is 5.69 Å². The predicted molar refractivity (Wildman–Crippen MR) is 103 cm³/mol. The van der Waals surface area contributed by atoms with Crippen molar-refractivity contribution in [3.05, 3.63) is 65.9 Å². The van der Waals surface area contributed by atoms with Gasteiger partial charge < -0.3 is 14.7 Å². The first-order valence-corrected chi connectivity index (χ1v) is 8.90. The van der Waals surface area contributed by atoms with Gasteiger partial charge in [0.15, 0.2) is 0 Å². The second-order valence-electron chi connectivity index (χ2n) is 6.61. The number of para-hydroxylation sites is 2. The fourth-order valence-electron chi connectivity index (χ4n) is 3.24. The molecule has 1 N–H and O–H groups in total. The van der Waals surface area contributed by atoms with Gasteiger partial charge >= 0.3 is 0 Å². The Balaban J connectivity index is 1.53. The normalized spacial score (nSPS) is 13.8. The molecule has 3 aromatic rings. The third kappa shape index (κ3) is 3.33. The number of nitrogens with one attached hydrogen (secondary N) is 1. The Morgan fingerprint density at radius 2 is 1.81 bits per heavy atom. The fraction of sp³-hybridized carbons (Fsp3) is 0.238. The molecule has 0 radical (unpaired) electrons. The van der Waals surface area contributed by atoms with Gasteiger partial charge in [-0.15, -0.1) is 0 Å². The summed E-state index contributed by atoms with van der Waals surface area (Å²) in [6.07, 6.45) is 2.37. The average Bonchev–Trinajstić information content (AvgIpc) is 3.35. The number of rotatable bonds is 4. The lowest BCUT2D eigenvalue weighted by Gasteiger charge is -2.21. The third-order valence-electron chi connectivity index (χ3n) is 4.68. The molecule has 1 amide bonds. The molecule has 1 aliphatic rings. The van der Waals surface area contributed by atoms with Crippen LogP contribution in [0.1, 0.15) is 29.0 Å². The molecule has 132 valence electrons. The van der Waals surface area contributed by atoms with Gasteiger partial charge in [0, 0.05) is 24.7 Å². The van der Waals surface area contributed by atoms with Crippen LogP contribution in [0.5, 0.6) is 0 Å². The number of hydrogen-bond donors (Lipinski definition) is 1. The summed E-state index contributed by atoms with van der Waals surface area (Å²) in [5, 5.41) is 7.00. The maximum atomic E-state index is 12.6. The van der Waals surface area contributed by atoms with E-state index in [1.54, 1.807) is 6.07 Å². The zero-order valence-electron chi connectivity index (χ0n) is 14.7. The van der Waals surface area contributed by atoms with E-state index in [2.05, 4.69) is 15.4 Å². The van der Waals surface area contributed by atoms with E-state index in [9.17, 15) is 4.79 Å². The average molecular weight is 347 g/mol. The van der Waals surface area contributed by atoms with Gasteiger partial charge in [0.05, 0.1) is 11.4 Å². The third-order valence-corrected chi connectivity index (χ3v) is 4.68. The highest BCUT2D eigenvalue weighted by Gasteiger charge is 2.19. The molecule has 0 bridgehead atoms. The standard InChI is InChI=1S/C21H21N3O2/c1-15-8-10-16(11-9-15)18-14-20(26-23-18)21(25)22-17-6-2-3-7-19(17)24-12-4-5-13-24/h2-3,6-11,14H,4-5,12-13H2,1H3,(H,22,25). The predicted octanol–water partition coefficient (Wildman–Crippen LogP) is 4.50. The lowest BCUT2D eigenvalue weighted by atomic mass is 10.1. The summed E-state index contributed by atoms with van der Waals surface area (Å²) in [5.41, 5.74) is 4.61. The molecule has 1 aliphatic heterocycles. The fourth-order valence-corrected chi connectivity index (χ4v) is 3.24. The first-order valence-electron chi connectivity index (χ1n) is 8.90. The lowest BCUT2D eigenvalue weighted by Crippen LogP contribution is -2.21. The molecule has 1 fully saturated rings. The van der Waals surface area contributed by atoms with Crippen LogP contribution in [-0.2, 0) is 0 Å². The van der Waals surface area contributed by atoms with E-state index in [1.807, 2.05) is 55.5 Å². The summed E-state index contributed by atoms with van der Waals surface area (Å²) >= 11 is 0. The number of nitrogens with zero attached hydrogens (tertiary/aromatic N) is 2. The molecule has 0 saturated carbocycles. The molecular weight excluding hydrogens is 326 g/mol. The Morgan fingerprint density at radius 3 is 2.58 bits per heavy atom. The SMILES string of the molecule is Cc1ccc(-c2cc(C(=O)Nc3ccccc3N3CCCC3)on2)cc1. The number of amides is 1. The molecule has 5 nitrogen and oxygen atoms in total. The van der Waals surface area contributed by atoms with Crippen LogP contribution in [0.3, 0.4) is 0 Å². The van der Waals surface area contributed by atoms with Gasteiger partial charge in [-0.3, -0.25) is 4.79 Å². The first-order chi connectivity index (χ1) is 12.7. The molecule has 1 aromatic heterocycles. The van der Waals surface area contributed by atoms with Crippen molar-refractivity contribution >= 4 is 17.3 Å². The van der Waals surface area contributed by atoms with Crippen molar-refractivity contribution in [3.8, 4) is 11.3 Å². The number of carbonyl (C=O) groups excluding carboxylic acids is 1. The maximum Gasteiger partial charge on any atom is 0.294 e. The number of anilines is 2. The summed E-state index contributed by atoms with van der Waals surface area (Å²) in [4.78, 5) is 14.9. The Hall–Kier alpha value is -3.08. The van der Waals surface area contributed by atoms with E-state index in [-0.39, 0.29) is 11.7 Å². The van der Waals surface area contributed by atoms with Gasteiger partial charge in [-0.2, -0.15) is 0 Å². The van der Waals surface area contributed by atoms with E-state index in [0.29, 0.717) is 5.69 Å². The number of hydrogen-bond acceptors (Lipinski definition) is 4. The van der Waals surface area contributed by atoms with Crippen molar-refractivity contribution in [1.29, 1.82) is 0 Å². The van der Waals surface area contributed by atoms with Crippen LogP contribution in [0, 0.1) is 6.92 Å². The monoisotopic (exact) mass is 347 g/mol.